The van der Waals surface area contributed by atoms with Crippen LogP contribution in [0.25, 0.3) is 10.2 Å². The summed E-state index contributed by atoms with van der Waals surface area (Å²) in [7, 11) is 0. The van der Waals surface area contributed by atoms with E-state index in [4.69, 9.17) is 24.4 Å². The lowest BCUT2D eigenvalue weighted by atomic mass is 9.80. The zero-order chi connectivity index (χ0) is 18.3. The van der Waals surface area contributed by atoms with E-state index in [1.165, 1.54) is 37.0 Å². The van der Waals surface area contributed by atoms with Gasteiger partial charge in [-0.2, -0.15) is 0 Å². The molecular formula is C19H31N3O2S3. The summed E-state index contributed by atoms with van der Waals surface area (Å²) >= 11 is 11.7. The number of aliphatic hydroxyl groups excluding tert-OH is 2. The fourth-order valence-corrected chi connectivity index (χ4v) is 4.85. The van der Waals surface area contributed by atoms with Crippen LogP contribution < -0.4 is 12.3 Å². The molecule has 0 bridgehead atoms. The van der Waals surface area contributed by atoms with E-state index in [1.807, 2.05) is 24.3 Å². The standard InChI is InChI=1S/C19H25NO2S3.2H3N/c1-2-3-4-5-6-9-12-19(18(22)24,13-16(21)23)17-20-14-10-7-8-11-15(14)25-17;;/h7-8,10-11H,2-6,9,12-13H2,1H3,(H,21,23)(H,22,24);2*1H3. The summed E-state index contributed by atoms with van der Waals surface area (Å²) in [6.07, 6.45) is 7.66. The van der Waals surface area contributed by atoms with Gasteiger partial charge >= 0.3 is 0 Å². The monoisotopic (exact) mass is 429 g/mol. The van der Waals surface area contributed by atoms with E-state index in [0.717, 1.165) is 28.1 Å². The molecule has 0 saturated carbocycles. The summed E-state index contributed by atoms with van der Waals surface area (Å²) in [5.41, 5.74) is 0.0187. The first kappa shape index (κ1) is 25.8. The van der Waals surface area contributed by atoms with Crippen LogP contribution in [0.15, 0.2) is 24.3 Å². The molecule has 0 radical (unpaired) electrons. The molecular weight excluding hydrogens is 398 g/mol. The fraction of sp³-hybridized carbons (Fsp3) is 0.526. The van der Waals surface area contributed by atoms with Gasteiger partial charge in [-0.25, -0.2) is 4.98 Å². The van der Waals surface area contributed by atoms with Crippen LogP contribution in [-0.2, 0) is 5.41 Å². The van der Waals surface area contributed by atoms with Crippen LogP contribution in [0.5, 0.6) is 0 Å². The van der Waals surface area contributed by atoms with Gasteiger partial charge < -0.3 is 22.5 Å². The maximum atomic E-state index is 10.4. The number of thiocarbonyl (C=S) groups is 2. The van der Waals surface area contributed by atoms with Gasteiger partial charge in [-0.05, 0) is 43.0 Å². The number of rotatable bonds is 11. The van der Waals surface area contributed by atoms with Gasteiger partial charge in [-0.1, -0.05) is 57.6 Å². The Morgan fingerprint density at radius 1 is 1.04 bits per heavy atom. The molecule has 2 rings (SSSR count). The minimum atomic E-state index is -0.865. The van der Waals surface area contributed by atoms with Gasteiger partial charge in [-0.15, -0.1) is 11.3 Å². The molecule has 8 N–H and O–H groups in total. The number of fused-ring (bicyclic) bond motifs is 1. The molecule has 1 aromatic carbocycles. The van der Waals surface area contributed by atoms with Crippen LogP contribution in [0.3, 0.4) is 0 Å². The first-order chi connectivity index (χ1) is 12.0. The van der Waals surface area contributed by atoms with E-state index in [-0.39, 0.29) is 28.8 Å². The minimum Gasteiger partial charge on any atom is -0.502 e. The Morgan fingerprint density at radius 2 is 1.67 bits per heavy atom. The Labute approximate surface area is 176 Å². The van der Waals surface area contributed by atoms with E-state index in [1.54, 1.807) is 0 Å². The summed E-state index contributed by atoms with van der Waals surface area (Å²) in [4.78, 5) is 4.69. The molecule has 1 unspecified atom stereocenters. The number of hydrogen-bond acceptors (Lipinski definition) is 6. The molecule has 0 saturated heterocycles. The number of aliphatic hydroxyl groups is 2. The Balaban J connectivity index is 0.00000338. The summed E-state index contributed by atoms with van der Waals surface area (Å²) in [5.74, 6) is 0. The van der Waals surface area contributed by atoms with Crippen molar-refractivity contribution in [2.45, 2.75) is 63.7 Å². The van der Waals surface area contributed by atoms with Gasteiger partial charge in [-0.3, -0.25) is 0 Å². The number of nitrogens with zero attached hydrogens (tertiary/aromatic N) is 1. The van der Waals surface area contributed by atoms with Crippen molar-refractivity contribution in [1.29, 1.82) is 0 Å². The zero-order valence-corrected chi connectivity index (χ0v) is 18.4. The van der Waals surface area contributed by atoms with Gasteiger partial charge in [0.1, 0.15) is 5.01 Å². The second-order valence-corrected chi connectivity index (χ2v) is 8.35. The second-order valence-electron chi connectivity index (χ2n) is 6.46. The highest BCUT2D eigenvalue weighted by Gasteiger charge is 2.41. The number of benzene rings is 1. The molecule has 1 heterocycles. The lowest BCUT2D eigenvalue weighted by Crippen LogP contribution is -2.36. The van der Waals surface area contributed by atoms with Crippen LogP contribution in [0, 0.1) is 0 Å². The predicted octanol–water partition coefficient (Wildman–Crippen LogP) is 6.77. The maximum Gasteiger partial charge on any atom is 0.170 e. The molecule has 0 fully saturated rings. The van der Waals surface area contributed by atoms with E-state index in [0.29, 0.717) is 6.42 Å². The van der Waals surface area contributed by atoms with Gasteiger partial charge in [0.25, 0.3) is 0 Å². The van der Waals surface area contributed by atoms with E-state index in [2.05, 4.69) is 11.9 Å². The van der Waals surface area contributed by atoms with E-state index in [9.17, 15) is 10.2 Å². The molecule has 0 amide bonds. The number of aromatic nitrogens is 1. The molecule has 0 aliphatic carbocycles. The van der Waals surface area contributed by atoms with Crippen LogP contribution in [0.4, 0.5) is 0 Å². The highest BCUT2D eigenvalue weighted by molar-refractivity contribution is 7.80. The molecule has 2 aromatic rings. The van der Waals surface area contributed by atoms with Gasteiger partial charge in [0, 0.05) is 6.42 Å². The van der Waals surface area contributed by atoms with Crippen LogP contribution in [-0.4, -0.2) is 25.3 Å². The van der Waals surface area contributed by atoms with E-state index < -0.39 is 5.41 Å². The maximum absolute atomic E-state index is 10.4. The van der Waals surface area contributed by atoms with Crippen molar-refractivity contribution in [3.05, 3.63) is 29.3 Å². The molecule has 8 heteroatoms. The van der Waals surface area contributed by atoms with Crippen molar-refractivity contribution < 1.29 is 10.2 Å². The smallest absolute Gasteiger partial charge is 0.170 e. The molecule has 0 aliphatic heterocycles. The Kier molecular flexibility index (Phi) is 11.8. The number of para-hydroxylation sites is 1. The predicted molar refractivity (Wildman–Crippen MR) is 124 cm³/mol. The third-order valence-corrected chi connectivity index (χ3v) is 6.30. The number of thiazole rings is 1. The molecule has 152 valence electrons. The van der Waals surface area contributed by atoms with Crippen LogP contribution in [0.2, 0.25) is 0 Å². The number of hydrogen-bond donors (Lipinski definition) is 4. The van der Waals surface area contributed by atoms with Crippen molar-refractivity contribution in [2.24, 2.45) is 0 Å². The molecule has 0 spiro atoms. The molecule has 27 heavy (non-hydrogen) atoms. The van der Waals surface area contributed by atoms with Crippen molar-refractivity contribution in [2.75, 3.05) is 0 Å². The largest absolute Gasteiger partial charge is 0.502 e. The lowest BCUT2D eigenvalue weighted by Gasteiger charge is -2.29. The fourth-order valence-electron chi connectivity index (χ4n) is 3.09. The quantitative estimate of drug-likeness (QED) is 0.229. The average molecular weight is 430 g/mol. The van der Waals surface area contributed by atoms with Crippen molar-refractivity contribution in [3.63, 3.8) is 0 Å². The van der Waals surface area contributed by atoms with Crippen LogP contribution >= 0.6 is 35.8 Å². The Hall–Kier alpha value is -1.19. The second kappa shape index (κ2) is 12.3. The topological polar surface area (TPSA) is 123 Å². The highest BCUT2D eigenvalue weighted by Crippen LogP contribution is 2.39. The minimum absolute atomic E-state index is 0. The van der Waals surface area contributed by atoms with Gasteiger partial charge in [0.05, 0.1) is 15.6 Å². The third kappa shape index (κ3) is 6.73. The van der Waals surface area contributed by atoms with E-state index >= 15 is 0 Å². The summed E-state index contributed by atoms with van der Waals surface area (Å²) < 4.78 is 1.05. The average Bonchev–Trinajstić information content (AvgIpc) is 3.00. The summed E-state index contributed by atoms with van der Waals surface area (Å²) in [6.45, 7) is 2.20. The lowest BCUT2D eigenvalue weighted by molar-refractivity contribution is 0.400. The summed E-state index contributed by atoms with van der Waals surface area (Å²) in [6, 6.07) is 7.86. The SMILES string of the molecule is CCCCCCCCC(CC(O)=S)(C(O)=S)c1nc2ccccc2s1.N.N. The number of unbranched alkanes of at least 4 members (excludes halogenated alkanes) is 5. The van der Waals surface area contributed by atoms with Crippen molar-refractivity contribution >= 4 is 56.1 Å². The van der Waals surface area contributed by atoms with Gasteiger partial charge in [0.2, 0.25) is 0 Å². The zero-order valence-electron chi connectivity index (χ0n) is 15.9. The van der Waals surface area contributed by atoms with Crippen molar-refractivity contribution in [3.8, 4) is 0 Å². The first-order valence-electron chi connectivity index (χ1n) is 8.81. The normalized spacial score (nSPS) is 12.6. The summed E-state index contributed by atoms with van der Waals surface area (Å²) in [5, 5.41) is 20.6. The van der Waals surface area contributed by atoms with Crippen molar-refractivity contribution in [1.82, 2.24) is 17.3 Å². The highest BCUT2D eigenvalue weighted by atomic mass is 32.1. The molecule has 1 aromatic heterocycles. The molecule has 1 atom stereocenters. The van der Waals surface area contributed by atoms with Gasteiger partial charge in [0.15, 0.2) is 10.1 Å². The van der Waals surface area contributed by atoms with Crippen LogP contribution in [0.1, 0.15) is 63.3 Å². The third-order valence-electron chi connectivity index (χ3n) is 4.52. The first-order valence-corrected chi connectivity index (χ1v) is 10.4. The Morgan fingerprint density at radius 3 is 2.26 bits per heavy atom. The Bertz CT molecular complexity index is 703. The molecule has 5 nitrogen and oxygen atoms in total. The molecule has 0 aliphatic rings.